The van der Waals surface area contributed by atoms with Crippen LogP contribution in [0.2, 0.25) is 0 Å². The molecule has 1 fully saturated rings. The first-order chi connectivity index (χ1) is 13.8. The molecule has 1 aliphatic rings. The molecule has 5 heteroatoms. The first kappa shape index (κ1) is 18.7. The van der Waals surface area contributed by atoms with Crippen LogP contribution >= 0.6 is 11.3 Å². The molecule has 0 bridgehead atoms. The first-order valence-corrected chi connectivity index (χ1v) is 10.7. The van der Waals surface area contributed by atoms with Gasteiger partial charge in [0.05, 0.1) is 0 Å². The van der Waals surface area contributed by atoms with Crippen molar-refractivity contribution in [2.75, 3.05) is 18.0 Å². The normalized spacial score (nSPS) is 16.5. The van der Waals surface area contributed by atoms with Gasteiger partial charge >= 0.3 is 0 Å². The topological polar surface area (TPSA) is 45.2 Å². The fourth-order valence-electron chi connectivity index (χ4n) is 3.95. The third kappa shape index (κ3) is 4.42. The second kappa shape index (κ2) is 9.02. The van der Waals surface area contributed by atoms with Crippen molar-refractivity contribution >= 4 is 22.4 Å². The van der Waals surface area contributed by atoms with Gasteiger partial charge in [0.25, 0.3) is 0 Å². The van der Waals surface area contributed by atoms with Crippen LogP contribution in [0.25, 0.3) is 0 Å². The zero-order chi connectivity index (χ0) is 19.2. The van der Waals surface area contributed by atoms with Crippen LogP contribution in [-0.2, 0) is 4.79 Å². The molecule has 1 unspecified atom stereocenters. The Balaban J connectivity index is 1.41. The highest BCUT2D eigenvalue weighted by Crippen LogP contribution is 2.29. The van der Waals surface area contributed by atoms with Crippen LogP contribution in [-0.4, -0.2) is 30.0 Å². The van der Waals surface area contributed by atoms with E-state index >= 15 is 0 Å². The van der Waals surface area contributed by atoms with Gasteiger partial charge in [-0.25, -0.2) is 4.98 Å². The highest BCUT2D eigenvalue weighted by Gasteiger charge is 2.27. The van der Waals surface area contributed by atoms with E-state index in [1.165, 1.54) is 11.1 Å². The summed E-state index contributed by atoms with van der Waals surface area (Å²) in [6.07, 6.45) is 4.55. The molecule has 0 spiro atoms. The number of hydrogen-bond acceptors (Lipinski definition) is 4. The maximum absolute atomic E-state index is 12.8. The molecule has 1 amide bonds. The van der Waals surface area contributed by atoms with E-state index in [1.807, 2.05) is 48.0 Å². The average Bonchev–Trinajstić information content (AvgIpc) is 3.43. The molecule has 4 rings (SSSR count). The summed E-state index contributed by atoms with van der Waals surface area (Å²) in [5, 5.41) is 6.25. The van der Waals surface area contributed by atoms with Gasteiger partial charge in [-0.3, -0.25) is 4.79 Å². The molecule has 1 N–H and O–H groups in total. The molecule has 0 aliphatic carbocycles. The lowest BCUT2D eigenvalue weighted by molar-refractivity contribution is -0.121. The lowest BCUT2D eigenvalue weighted by Crippen LogP contribution is -2.40. The number of amides is 1. The Labute approximate surface area is 170 Å². The highest BCUT2D eigenvalue weighted by molar-refractivity contribution is 7.13. The molecule has 2 heterocycles. The van der Waals surface area contributed by atoms with E-state index in [2.05, 4.69) is 39.5 Å². The van der Waals surface area contributed by atoms with Crippen molar-refractivity contribution in [2.45, 2.75) is 31.2 Å². The van der Waals surface area contributed by atoms with Gasteiger partial charge in [0.1, 0.15) is 0 Å². The fraction of sp³-hybridized carbons (Fsp3) is 0.304. The lowest BCUT2D eigenvalue weighted by Gasteiger charge is -2.25. The minimum absolute atomic E-state index is 0.0704. The minimum Gasteiger partial charge on any atom is -0.354 e. The number of rotatable bonds is 7. The van der Waals surface area contributed by atoms with Crippen molar-refractivity contribution in [1.29, 1.82) is 0 Å². The number of nitrogens with zero attached hydrogens (tertiary/aromatic N) is 2. The van der Waals surface area contributed by atoms with E-state index in [0.717, 1.165) is 24.5 Å². The van der Waals surface area contributed by atoms with Gasteiger partial charge in [-0.2, -0.15) is 0 Å². The summed E-state index contributed by atoms with van der Waals surface area (Å²) in [5.74, 6) is 0.171. The van der Waals surface area contributed by atoms with Crippen molar-refractivity contribution in [1.82, 2.24) is 10.3 Å². The molecule has 4 nitrogen and oxygen atoms in total. The van der Waals surface area contributed by atoms with Crippen LogP contribution in [0.15, 0.2) is 72.2 Å². The molecule has 0 saturated carbocycles. The molecule has 0 radical (unpaired) electrons. The monoisotopic (exact) mass is 391 g/mol. The van der Waals surface area contributed by atoms with Gasteiger partial charge in [-0.1, -0.05) is 60.7 Å². The number of thiazole rings is 1. The number of anilines is 1. The second-order valence-electron chi connectivity index (χ2n) is 7.19. The van der Waals surface area contributed by atoms with Crippen LogP contribution in [0.3, 0.4) is 0 Å². The zero-order valence-corrected chi connectivity index (χ0v) is 16.6. The van der Waals surface area contributed by atoms with Gasteiger partial charge in [-0.15, -0.1) is 11.3 Å². The molecule has 1 saturated heterocycles. The third-order valence-electron chi connectivity index (χ3n) is 5.37. The van der Waals surface area contributed by atoms with Gasteiger partial charge in [0, 0.05) is 43.0 Å². The molecule has 144 valence electrons. The molecule has 1 aromatic heterocycles. The maximum Gasteiger partial charge on any atom is 0.221 e. The van der Waals surface area contributed by atoms with Crippen molar-refractivity contribution < 1.29 is 4.79 Å². The Morgan fingerprint density at radius 3 is 2.39 bits per heavy atom. The molecule has 28 heavy (non-hydrogen) atoms. The Bertz CT molecular complexity index is 828. The van der Waals surface area contributed by atoms with Gasteiger partial charge in [-0.05, 0) is 24.0 Å². The molecule has 1 atom stereocenters. The number of nitrogens with one attached hydrogen (secondary N) is 1. The van der Waals surface area contributed by atoms with E-state index in [0.29, 0.717) is 19.0 Å². The SMILES string of the molecule is O=C(CC(c1ccccc1)c1ccccc1)NCC1CCCN1c1nccs1. The van der Waals surface area contributed by atoms with Crippen molar-refractivity contribution in [3.05, 3.63) is 83.4 Å². The van der Waals surface area contributed by atoms with Gasteiger partial charge < -0.3 is 10.2 Å². The minimum atomic E-state index is 0.0704. The highest BCUT2D eigenvalue weighted by atomic mass is 32.1. The Morgan fingerprint density at radius 2 is 1.79 bits per heavy atom. The van der Waals surface area contributed by atoms with Crippen LogP contribution < -0.4 is 10.2 Å². The molecular weight excluding hydrogens is 366 g/mol. The Morgan fingerprint density at radius 1 is 1.11 bits per heavy atom. The van der Waals surface area contributed by atoms with E-state index in [4.69, 9.17) is 0 Å². The Hall–Kier alpha value is -2.66. The lowest BCUT2D eigenvalue weighted by atomic mass is 9.88. The number of hydrogen-bond donors (Lipinski definition) is 1. The van der Waals surface area contributed by atoms with E-state index in [-0.39, 0.29) is 11.8 Å². The van der Waals surface area contributed by atoms with Crippen molar-refractivity contribution in [2.24, 2.45) is 0 Å². The summed E-state index contributed by atoms with van der Waals surface area (Å²) in [4.78, 5) is 19.6. The Kier molecular flexibility index (Phi) is 6.02. The summed E-state index contributed by atoms with van der Waals surface area (Å²) >= 11 is 1.67. The van der Waals surface area contributed by atoms with E-state index < -0.39 is 0 Å². The van der Waals surface area contributed by atoms with Crippen molar-refractivity contribution in [3.8, 4) is 0 Å². The van der Waals surface area contributed by atoms with E-state index in [9.17, 15) is 4.79 Å². The molecule has 3 aromatic rings. The predicted octanol–water partition coefficient (Wildman–Crippen LogP) is 4.45. The summed E-state index contributed by atoms with van der Waals surface area (Å²) in [7, 11) is 0. The largest absolute Gasteiger partial charge is 0.354 e. The van der Waals surface area contributed by atoms with E-state index in [1.54, 1.807) is 11.3 Å². The maximum atomic E-state index is 12.8. The molecule has 1 aliphatic heterocycles. The van der Waals surface area contributed by atoms with Crippen LogP contribution in [0.4, 0.5) is 5.13 Å². The van der Waals surface area contributed by atoms with Crippen LogP contribution in [0.5, 0.6) is 0 Å². The number of carbonyl (C=O) groups is 1. The summed E-state index contributed by atoms with van der Waals surface area (Å²) in [5.41, 5.74) is 2.35. The van der Waals surface area contributed by atoms with Crippen LogP contribution in [0.1, 0.15) is 36.3 Å². The number of aromatic nitrogens is 1. The quantitative estimate of drug-likeness (QED) is 0.647. The second-order valence-corrected chi connectivity index (χ2v) is 8.06. The number of carbonyl (C=O) groups excluding carboxylic acids is 1. The molecular formula is C23H25N3OS. The average molecular weight is 392 g/mol. The smallest absolute Gasteiger partial charge is 0.221 e. The standard InChI is InChI=1S/C23H25N3OS/c27-22(25-17-20-12-7-14-26(20)23-24-13-15-28-23)16-21(18-8-3-1-4-9-18)19-10-5-2-6-11-19/h1-6,8-11,13,15,20-21H,7,12,14,16-17H2,(H,25,27). The number of benzene rings is 2. The summed E-state index contributed by atoms with van der Waals surface area (Å²) < 4.78 is 0. The molecule has 2 aromatic carbocycles. The third-order valence-corrected chi connectivity index (χ3v) is 6.18. The summed E-state index contributed by atoms with van der Waals surface area (Å²) in [6.45, 7) is 1.69. The van der Waals surface area contributed by atoms with Crippen molar-refractivity contribution in [3.63, 3.8) is 0 Å². The van der Waals surface area contributed by atoms with Gasteiger partial charge in [0.15, 0.2) is 5.13 Å². The summed E-state index contributed by atoms with van der Waals surface area (Å²) in [6, 6.07) is 20.9. The van der Waals surface area contributed by atoms with Gasteiger partial charge in [0.2, 0.25) is 5.91 Å². The fourth-order valence-corrected chi connectivity index (χ4v) is 4.69. The van der Waals surface area contributed by atoms with Crippen LogP contribution in [0, 0.1) is 0 Å². The first-order valence-electron chi connectivity index (χ1n) is 9.84. The zero-order valence-electron chi connectivity index (χ0n) is 15.8. The predicted molar refractivity (Wildman–Crippen MR) is 115 cm³/mol.